The van der Waals surface area contributed by atoms with Gasteiger partial charge in [-0.15, -0.1) is 0 Å². The van der Waals surface area contributed by atoms with E-state index in [2.05, 4.69) is 15.5 Å². The summed E-state index contributed by atoms with van der Waals surface area (Å²) in [6, 6.07) is 9.06. The van der Waals surface area contributed by atoms with Gasteiger partial charge in [0.05, 0.1) is 24.5 Å². The molecule has 0 unspecified atom stereocenters. The Morgan fingerprint density at radius 3 is 2.41 bits per heavy atom. The predicted octanol–water partition coefficient (Wildman–Crippen LogP) is 2.67. The SMILES string of the molecule is O=C(Nc1ccccc1C(=O)NCCCN1CCOCC1)c1cc(F)cc(F)c1. The highest BCUT2D eigenvalue weighted by Gasteiger charge is 2.15. The quantitative estimate of drug-likeness (QED) is 0.698. The number of hydrogen-bond donors (Lipinski definition) is 2. The molecular weight excluding hydrogens is 380 g/mol. The number of hydrogen-bond acceptors (Lipinski definition) is 4. The topological polar surface area (TPSA) is 70.7 Å². The Labute approximate surface area is 167 Å². The molecule has 0 aromatic heterocycles. The molecule has 2 amide bonds. The van der Waals surface area contributed by atoms with Crippen molar-refractivity contribution in [2.75, 3.05) is 44.7 Å². The van der Waals surface area contributed by atoms with Crippen molar-refractivity contribution in [1.82, 2.24) is 10.2 Å². The van der Waals surface area contributed by atoms with Gasteiger partial charge in [0.2, 0.25) is 0 Å². The first-order valence-corrected chi connectivity index (χ1v) is 9.48. The van der Waals surface area contributed by atoms with Crippen molar-refractivity contribution in [2.24, 2.45) is 0 Å². The van der Waals surface area contributed by atoms with Crippen molar-refractivity contribution in [2.45, 2.75) is 6.42 Å². The van der Waals surface area contributed by atoms with E-state index < -0.39 is 17.5 Å². The second kappa shape index (κ2) is 10.1. The number of nitrogens with zero attached hydrogens (tertiary/aromatic N) is 1. The molecule has 3 rings (SSSR count). The number of anilines is 1. The third-order valence-corrected chi connectivity index (χ3v) is 4.59. The Balaban J connectivity index is 1.57. The van der Waals surface area contributed by atoms with Crippen molar-refractivity contribution < 1.29 is 23.1 Å². The van der Waals surface area contributed by atoms with Crippen molar-refractivity contribution in [1.29, 1.82) is 0 Å². The highest BCUT2D eigenvalue weighted by Crippen LogP contribution is 2.17. The van der Waals surface area contributed by atoms with Crippen LogP contribution in [0.3, 0.4) is 0 Å². The fraction of sp³-hybridized carbons (Fsp3) is 0.333. The molecule has 0 saturated carbocycles. The van der Waals surface area contributed by atoms with Crippen LogP contribution in [0.15, 0.2) is 42.5 Å². The summed E-state index contributed by atoms with van der Waals surface area (Å²) in [6.45, 7) is 4.61. The Morgan fingerprint density at radius 2 is 1.69 bits per heavy atom. The van der Waals surface area contributed by atoms with Crippen LogP contribution in [-0.2, 0) is 4.74 Å². The minimum atomic E-state index is -0.846. The lowest BCUT2D eigenvalue weighted by atomic mass is 10.1. The number of carbonyl (C=O) groups is 2. The van der Waals surface area contributed by atoms with Gasteiger partial charge in [0.25, 0.3) is 11.8 Å². The van der Waals surface area contributed by atoms with Crippen molar-refractivity contribution in [3.63, 3.8) is 0 Å². The van der Waals surface area contributed by atoms with Crippen LogP contribution in [0.25, 0.3) is 0 Å². The maximum atomic E-state index is 13.3. The average Bonchev–Trinajstić information content (AvgIpc) is 2.71. The number of ether oxygens (including phenoxy) is 1. The van der Waals surface area contributed by atoms with Crippen LogP contribution in [0.2, 0.25) is 0 Å². The molecule has 154 valence electrons. The fourth-order valence-corrected chi connectivity index (χ4v) is 3.09. The molecule has 2 N–H and O–H groups in total. The zero-order valence-electron chi connectivity index (χ0n) is 15.9. The van der Waals surface area contributed by atoms with E-state index >= 15 is 0 Å². The van der Waals surface area contributed by atoms with E-state index in [-0.39, 0.29) is 22.7 Å². The zero-order chi connectivity index (χ0) is 20.6. The Morgan fingerprint density at radius 1 is 1.00 bits per heavy atom. The Hall–Kier alpha value is -2.84. The van der Waals surface area contributed by atoms with Crippen LogP contribution < -0.4 is 10.6 Å². The van der Waals surface area contributed by atoms with Crippen LogP contribution >= 0.6 is 0 Å². The number of para-hydroxylation sites is 1. The minimum absolute atomic E-state index is 0.164. The summed E-state index contributed by atoms with van der Waals surface area (Å²) in [6.07, 6.45) is 0.794. The molecule has 1 aliphatic heterocycles. The van der Waals surface area contributed by atoms with Gasteiger partial charge in [-0.3, -0.25) is 14.5 Å². The second-order valence-electron chi connectivity index (χ2n) is 6.72. The highest BCUT2D eigenvalue weighted by molar-refractivity contribution is 6.09. The second-order valence-corrected chi connectivity index (χ2v) is 6.72. The van der Waals surface area contributed by atoms with Gasteiger partial charge < -0.3 is 15.4 Å². The molecule has 1 saturated heterocycles. The Bertz CT molecular complexity index is 850. The molecule has 0 bridgehead atoms. The van der Waals surface area contributed by atoms with Gasteiger partial charge in [-0.1, -0.05) is 12.1 Å². The zero-order valence-corrected chi connectivity index (χ0v) is 15.9. The number of halogens is 2. The summed E-state index contributed by atoms with van der Waals surface area (Å²) in [4.78, 5) is 27.1. The molecule has 0 atom stereocenters. The highest BCUT2D eigenvalue weighted by atomic mass is 19.1. The Kier molecular flexibility index (Phi) is 7.26. The number of nitrogens with one attached hydrogen (secondary N) is 2. The fourth-order valence-electron chi connectivity index (χ4n) is 3.09. The van der Waals surface area contributed by atoms with Crippen LogP contribution in [-0.4, -0.2) is 56.1 Å². The van der Waals surface area contributed by atoms with E-state index in [9.17, 15) is 18.4 Å². The summed E-state index contributed by atoms with van der Waals surface area (Å²) >= 11 is 0. The van der Waals surface area contributed by atoms with E-state index in [0.29, 0.717) is 12.6 Å². The summed E-state index contributed by atoms with van der Waals surface area (Å²) < 4.78 is 32.0. The van der Waals surface area contributed by atoms with E-state index in [0.717, 1.165) is 51.4 Å². The number of carbonyl (C=O) groups excluding carboxylic acids is 2. The van der Waals surface area contributed by atoms with Crippen LogP contribution in [0.4, 0.5) is 14.5 Å². The van der Waals surface area contributed by atoms with Crippen molar-refractivity contribution >= 4 is 17.5 Å². The van der Waals surface area contributed by atoms with E-state index in [4.69, 9.17) is 4.74 Å². The van der Waals surface area contributed by atoms with E-state index in [1.807, 2.05) is 0 Å². The third kappa shape index (κ3) is 6.07. The van der Waals surface area contributed by atoms with E-state index in [1.165, 1.54) is 0 Å². The molecule has 1 fully saturated rings. The maximum Gasteiger partial charge on any atom is 0.255 e. The summed E-state index contributed by atoms with van der Waals surface area (Å²) in [5.74, 6) is -2.72. The lowest BCUT2D eigenvalue weighted by molar-refractivity contribution is 0.0374. The van der Waals surface area contributed by atoms with Crippen molar-refractivity contribution in [3.8, 4) is 0 Å². The summed E-state index contributed by atoms with van der Waals surface area (Å²) in [5, 5.41) is 5.39. The molecule has 6 nitrogen and oxygen atoms in total. The van der Waals surface area contributed by atoms with Gasteiger partial charge in [-0.25, -0.2) is 8.78 Å². The molecule has 8 heteroatoms. The third-order valence-electron chi connectivity index (χ3n) is 4.59. The van der Waals surface area contributed by atoms with Crippen molar-refractivity contribution in [3.05, 3.63) is 65.2 Å². The van der Waals surface area contributed by atoms with Gasteiger partial charge in [0.1, 0.15) is 11.6 Å². The molecule has 0 spiro atoms. The van der Waals surface area contributed by atoms with Gasteiger partial charge in [-0.2, -0.15) is 0 Å². The van der Waals surface area contributed by atoms with Gasteiger partial charge in [0, 0.05) is 31.3 Å². The maximum absolute atomic E-state index is 13.3. The largest absolute Gasteiger partial charge is 0.379 e. The normalized spacial score (nSPS) is 14.4. The smallest absolute Gasteiger partial charge is 0.255 e. The average molecular weight is 403 g/mol. The lowest BCUT2D eigenvalue weighted by Gasteiger charge is -2.26. The number of amides is 2. The van der Waals surface area contributed by atoms with E-state index in [1.54, 1.807) is 24.3 Å². The molecular formula is C21H23F2N3O3. The molecule has 0 radical (unpaired) electrons. The molecule has 2 aromatic carbocycles. The van der Waals surface area contributed by atoms with Gasteiger partial charge in [0.15, 0.2) is 0 Å². The first-order chi connectivity index (χ1) is 14.0. The standard InChI is InChI=1S/C21H23F2N3O3/c22-16-12-15(13-17(23)14-16)20(27)25-19-5-2-1-4-18(19)21(28)24-6-3-7-26-8-10-29-11-9-26/h1-2,4-5,12-14H,3,6-11H2,(H,24,28)(H,25,27). The lowest BCUT2D eigenvalue weighted by Crippen LogP contribution is -2.38. The van der Waals surface area contributed by atoms with Gasteiger partial charge >= 0.3 is 0 Å². The van der Waals surface area contributed by atoms with Crippen LogP contribution in [0, 0.1) is 11.6 Å². The number of benzene rings is 2. The van der Waals surface area contributed by atoms with Crippen LogP contribution in [0.5, 0.6) is 0 Å². The monoisotopic (exact) mass is 403 g/mol. The number of rotatable bonds is 7. The van der Waals surface area contributed by atoms with Crippen LogP contribution in [0.1, 0.15) is 27.1 Å². The molecule has 1 heterocycles. The first kappa shape index (κ1) is 20.9. The van der Waals surface area contributed by atoms with Gasteiger partial charge in [-0.05, 0) is 37.2 Å². The molecule has 2 aromatic rings. The number of morpholine rings is 1. The summed E-state index contributed by atoms with van der Waals surface area (Å²) in [5.41, 5.74) is 0.389. The summed E-state index contributed by atoms with van der Waals surface area (Å²) in [7, 11) is 0. The molecule has 1 aliphatic rings. The predicted molar refractivity (Wildman–Crippen MR) is 105 cm³/mol. The molecule has 29 heavy (non-hydrogen) atoms. The first-order valence-electron chi connectivity index (χ1n) is 9.48. The molecule has 0 aliphatic carbocycles. The minimum Gasteiger partial charge on any atom is -0.379 e.